The van der Waals surface area contributed by atoms with Crippen LogP contribution in [0, 0.1) is 0 Å². The van der Waals surface area contributed by atoms with E-state index in [4.69, 9.17) is 9.47 Å². The van der Waals surface area contributed by atoms with E-state index >= 15 is 0 Å². The van der Waals surface area contributed by atoms with Crippen LogP contribution in [0.25, 0.3) is 0 Å². The van der Waals surface area contributed by atoms with Gasteiger partial charge in [0.1, 0.15) is 0 Å². The fourth-order valence-corrected chi connectivity index (χ4v) is 2.56. The van der Waals surface area contributed by atoms with E-state index in [0.717, 1.165) is 11.3 Å². The van der Waals surface area contributed by atoms with Crippen LogP contribution in [-0.2, 0) is 0 Å². The van der Waals surface area contributed by atoms with Crippen LogP contribution in [0.5, 0.6) is 11.5 Å². The number of benzene rings is 1. The van der Waals surface area contributed by atoms with Crippen LogP contribution in [0.4, 0.5) is 0 Å². The number of carbonyl (C=O) groups is 1. The molecule has 0 saturated heterocycles. The van der Waals surface area contributed by atoms with Gasteiger partial charge in [-0.2, -0.15) is 0 Å². The molecule has 0 spiro atoms. The minimum absolute atomic E-state index is 0.0220. The third-order valence-electron chi connectivity index (χ3n) is 3.91. The molecule has 126 valence electrons. The van der Waals surface area contributed by atoms with Gasteiger partial charge < -0.3 is 24.7 Å². The fraction of sp³-hybridized carbons (Fsp3) is 0.294. The Morgan fingerprint density at radius 1 is 1.25 bits per heavy atom. The van der Waals surface area contributed by atoms with Gasteiger partial charge in [-0.25, -0.2) is 0 Å². The highest BCUT2D eigenvalue weighted by Gasteiger charge is 2.20. The van der Waals surface area contributed by atoms with Gasteiger partial charge in [-0.05, 0) is 37.9 Å². The number of nitrogens with zero attached hydrogens (tertiary/aromatic N) is 1. The Labute approximate surface area is 139 Å². The highest BCUT2D eigenvalue weighted by Crippen LogP contribution is 2.34. The topological polar surface area (TPSA) is 83.7 Å². The monoisotopic (exact) mass is 329 g/mol. The molecule has 2 heterocycles. The van der Waals surface area contributed by atoms with Gasteiger partial charge in [0.25, 0.3) is 5.91 Å². The smallest absolute Gasteiger partial charge is 0.252 e. The third kappa shape index (κ3) is 3.41. The predicted octanol–water partition coefficient (Wildman–Crippen LogP) is 1.14. The first kappa shape index (κ1) is 16.1. The SMILES string of the molecule is CN(C)C(CNC(=O)c1ccc(=O)[nH]c1)c1ccc2c(c1)OCO2. The van der Waals surface area contributed by atoms with Crippen LogP contribution in [-0.4, -0.2) is 43.2 Å². The lowest BCUT2D eigenvalue weighted by atomic mass is 10.0. The molecule has 1 unspecified atom stereocenters. The number of rotatable bonds is 5. The number of aromatic nitrogens is 1. The van der Waals surface area contributed by atoms with Crippen molar-refractivity contribution < 1.29 is 14.3 Å². The van der Waals surface area contributed by atoms with E-state index in [1.54, 1.807) is 0 Å². The highest BCUT2D eigenvalue weighted by atomic mass is 16.7. The standard InChI is InChI=1S/C17H19N3O4/c1-20(2)13(11-3-5-14-15(7-11)24-10-23-14)9-19-17(22)12-4-6-16(21)18-8-12/h3-8,13H,9-10H2,1-2H3,(H,18,21)(H,19,22). The van der Waals surface area contributed by atoms with E-state index in [1.165, 1.54) is 18.3 Å². The Morgan fingerprint density at radius 2 is 2.04 bits per heavy atom. The van der Waals surface area contributed by atoms with Gasteiger partial charge in [-0.15, -0.1) is 0 Å². The quantitative estimate of drug-likeness (QED) is 0.859. The summed E-state index contributed by atoms with van der Waals surface area (Å²) in [6.45, 7) is 0.652. The largest absolute Gasteiger partial charge is 0.454 e. The van der Waals surface area contributed by atoms with Crippen LogP contribution in [0.15, 0.2) is 41.3 Å². The Kier molecular flexibility index (Phi) is 4.52. The van der Waals surface area contributed by atoms with Crippen molar-refractivity contribution in [2.24, 2.45) is 0 Å². The Bertz CT molecular complexity index is 780. The minimum atomic E-state index is -0.238. The lowest BCUT2D eigenvalue weighted by Crippen LogP contribution is -2.34. The van der Waals surface area contributed by atoms with Gasteiger partial charge in [0.15, 0.2) is 11.5 Å². The number of hydrogen-bond donors (Lipinski definition) is 2. The molecule has 1 aromatic carbocycles. The van der Waals surface area contributed by atoms with E-state index in [9.17, 15) is 9.59 Å². The molecule has 0 aliphatic carbocycles. The normalized spacial score (nSPS) is 13.8. The van der Waals surface area contributed by atoms with Crippen molar-refractivity contribution in [2.75, 3.05) is 27.4 Å². The molecule has 0 bridgehead atoms. The molecular weight excluding hydrogens is 310 g/mol. The van der Waals surface area contributed by atoms with Gasteiger partial charge in [0.2, 0.25) is 12.4 Å². The van der Waals surface area contributed by atoms with E-state index in [2.05, 4.69) is 10.3 Å². The van der Waals surface area contributed by atoms with Gasteiger partial charge in [0, 0.05) is 18.8 Å². The lowest BCUT2D eigenvalue weighted by molar-refractivity contribution is 0.0941. The summed E-state index contributed by atoms with van der Waals surface area (Å²) in [6.07, 6.45) is 1.41. The van der Waals surface area contributed by atoms with Crippen LogP contribution >= 0.6 is 0 Å². The van der Waals surface area contributed by atoms with Gasteiger partial charge in [-0.3, -0.25) is 9.59 Å². The van der Waals surface area contributed by atoms with Crippen LogP contribution in [0.1, 0.15) is 22.0 Å². The summed E-state index contributed by atoms with van der Waals surface area (Å²) < 4.78 is 10.7. The second-order valence-corrected chi connectivity index (χ2v) is 5.74. The highest BCUT2D eigenvalue weighted by molar-refractivity contribution is 5.93. The number of ether oxygens (including phenoxy) is 2. The van der Waals surface area contributed by atoms with Gasteiger partial charge in [-0.1, -0.05) is 6.07 Å². The zero-order chi connectivity index (χ0) is 17.1. The van der Waals surface area contributed by atoms with Crippen molar-refractivity contribution in [3.63, 3.8) is 0 Å². The van der Waals surface area contributed by atoms with E-state index < -0.39 is 0 Å². The number of H-pyrrole nitrogens is 1. The summed E-state index contributed by atoms with van der Waals surface area (Å²) in [5.41, 5.74) is 1.20. The van der Waals surface area contributed by atoms with Gasteiger partial charge >= 0.3 is 0 Å². The van der Waals surface area contributed by atoms with Crippen molar-refractivity contribution >= 4 is 5.91 Å². The summed E-state index contributed by atoms with van der Waals surface area (Å²) in [5, 5.41) is 2.89. The molecule has 7 nitrogen and oxygen atoms in total. The number of amides is 1. The van der Waals surface area contributed by atoms with Crippen molar-refractivity contribution in [3.8, 4) is 11.5 Å². The minimum Gasteiger partial charge on any atom is -0.454 e. The molecule has 0 fully saturated rings. The molecule has 7 heteroatoms. The molecular formula is C17H19N3O4. The first-order valence-electron chi connectivity index (χ1n) is 7.57. The summed E-state index contributed by atoms with van der Waals surface area (Å²) in [4.78, 5) is 27.8. The maximum absolute atomic E-state index is 12.2. The van der Waals surface area contributed by atoms with Crippen molar-refractivity contribution in [3.05, 3.63) is 58.0 Å². The summed E-state index contributed by atoms with van der Waals surface area (Å²) >= 11 is 0. The molecule has 1 amide bonds. The molecule has 0 radical (unpaired) electrons. The predicted molar refractivity (Wildman–Crippen MR) is 88.4 cm³/mol. The molecule has 2 N–H and O–H groups in total. The second-order valence-electron chi connectivity index (χ2n) is 5.74. The average Bonchev–Trinajstić information content (AvgIpc) is 3.03. The van der Waals surface area contributed by atoms with Crippen LogP contribution in [0.3, 0.4) is 0 Å². The first-order chi connectivity index (χ1) is 11.5. The fourth-order valence-electron chi connectivity index (χ4n) is 2.56. The molecule has 1 aliphatic rings. The van der Waals surface area contributed by atoms with Crippen molar-refractivity contribution in [2.45, 2.75) is 6.04 Å². The Morgan fingerprint density at radius 3 is 2.75 bits per heavy atom. The second kappa shape index (κ2) is 6.76. The van der Waals surface area contributed by atoms with Crippen LogP contribution < -0.4 is 20.3 Å². The molecule has 2 aromatic rings. The maximum Gasteiger partial charge on any atom is 0.252 e. The number of likely N-dealkylation sites (N-methyl/N-ethyl adjacent to an activating group) is 1. The molecule has 24 heavy (non-hydrogen) atoms. The summed E-state index contributed by atoms with van der Waals surface area (Å²) in [7, 11) is 3.89. The summed E-state index contributed by atoms with van der Waals surface area (Å²) in [6, 6.07) is 8.57. The van der Waals surface area contributed by atoms with Gasteiger partial charge in [0.05, 0.1) is 11.6 Å². The average molecular weight is 329 g/mol. The number of aromatic amines is 1. The summed E-state index contributed by atoms with van der Waals surface area (Å²) in [5.74, 6) is 1.21. The third-order valence-corrected chi connectivity index (χ3v) is 3.91. The van der Waals surface area contributed by atoms with Crippen molar-refractivity contribution in [1.82, 2.24) is 15.2 Å². The molecule has 0 saturated carbocycles. The zero-order valence-corrected chi connectivity index (χ0v) is 13.5. The zero-order valence-electron chi connectivity index (χ0n) is 13.5. The number of nitrogens with one attached hydrogen (secondary N) is 2. The molecule has 1 aliphatic heterocycles. The first-order valence-corrected chi connectivity index (χ1v) is 7.57. The van der Waals surface area contributed by atoms with Crippen LogP contribution in [0.2, 0.25) is 0 Å². The number of carbonyl (C=O) groups excluding carboxylic acids is 1. The molecule has 3 rings (SSSR count). The number of pyridine rings is 1. The Balaban J connectivity index is 1.71. The number of fused-ring (bicyclic) bond motifs is 1. The van der Waals surface area contributed by atoms with E-state index in [0.29, 0.717) is 17.9 Å². The molecule has 1 atom stereocenters. The van der Waals surface area contributed by atoms with Crippen molar-refractivity contribution in [1.29, 1.82) is 0 Å². The maximum atomic E-state index is 12.2. The van der Waals surface area contributed by atoms with E-state index in [-0.39, 0.29) is 24.3 Å². The lowest BCUT2D eigenvalue weighted by Gasteiger charge is -2.25. The number of hydrogen-bond acceptors (Lipinski definition) is 5. The van der Waals surface area contributed by atoms with E-state index in [1.807, 2.05) is 37.2 Å². The molecule has 1 aromatic heterocycles. The Hall–Kier alpha value is -2.80.